The van der Waals surface area contributed by atoms with E-state index in [9.17, 15) is 9.59 Å². The maximum Gasteiger partial charge on any atom is 0.222 e. The summed E-state index contributed by atoms with van der Waals surface area (Å²) in [7, 11) is 0. The first-order valence-corrected chi connectivity index (χ1v) is 11.5. The molecule has 1 heterocycles. The molecule has 0 radical (unpaired) electrons. The monoisotopic (exact) mass is 361 g/mol. The summed E-state index contributed by atoms with van der Waals surface area (Å²) in [5, 5.41) is 0. The largest absolute Gasteiger partial charge is 0.339 e. The highest BCUT2D eigenvalue weighted by atomic mass is 16.2. The molecule has 26 heavy (non-hydrogen) atoms. The van der Waals surface area contributed by atoms with Crippen molar-refractivity contribution in [1.29, 1.82) is 0 Å². The lowest BCUT2D eigenvalue weighted by Gasteiger charge is -2.44. The van der Waals surface area contributed by atoms with Crippen molar-refractivity contribution in [3.8, 4) is 0 Å². The second-order valence-corrected chi connectivity index (χ2v) is 9.15. The number of amides is 1. The smallest absolute Gasteiger partial charge is 0.222 e. The van der Waals surface area contributed by atoms with Crippen LogP contribution in [0, 0.1) is 11.8 Å². The van der Waals surface area contributed by atoms with Crippen LogP contribution < -0.4 is 0 Å². The lowest BCUT2D eigenvalue weighted by atomic mass is 9.78. The first-order valence-electron chi connectivity index (χ1n) is 11.5. The van der Waals surface area contributed by atoms with Gasteiger partial charge in [-0.2, -0.15) is 0 Å². The zero-order valence-electron chi connectivity index (χ0n) is 16.7. The first kappa shape index (κ1) is 19.9. The van der Waals surface area contributed by atoms with E-state index in [2.05, 4.69) is 4.90 Å². The topological polar surface area (TPSA) is 37.4 Å². The second-order valence-electron chi connectivity index (χ2n) is 9.15. The first-order chi connectivity index (χ1) is 12.7. The molecule has 0 spiro atoms. The molecule has 3 aliphatic rings. The van der Waals surface area contributed by atoms with E-state index >= 15 is 0 Å². The predicted octanol–water partition coefficient (Wildman–Crippen LogP) is 5.66. The highest BCUT2D eigenvalue weighted by Crippen LogP contribution is 2.35. The quantitative estimate of drug-likeness (QED) is 0.612. The van der Waals surface area contributed by atoms with E-state index < -0.39 is 0 Å². The number of hydrogen-bond donors (Lipinski definition) is 0. The molecule has 0 aromatic heterocycles. The van der Waals surface area contributed by atoms with E-state index in [-0.39, 0.29) is 0 Å². The Labute approximate surface area is 160 Å². The van der Waals surface area contributed by atoms with Crippen LogP contribution in [0.5, 0.6) is 0 Å². The number of ketones is 1. The zero-order valence-corrected chi connectivity index (χ0v) is 16.7. The van der Waals surface area contributed by atoms with Crippen LogP contribution >= 0.6 is 0 Å². The van der Waals surface area contributed by atoms with Crippen LogP contribution in [0.2, 0.25) is 0 Å². The van der Waals surface area contributed by atoms with Crippen molar-refractivity contribution in [2.45, 2.75) is 115 Å². The Bertz CT molecular complexity index is 451. The molecule has 0 aromatic rings. The average Bonchev–Trinajstić information content (AvgIpc) is 2.63. The third-order valence-electron chi connectivity index (χ3n) is 7.15. The van der Waals surface area contributed by atoms with Crippen molar-refractivity contribution in [3.63, 3.8) is 0 Å². The molecule has 2 saturated carbocycles. The Kier molecular flexibility index (Phi) is 8.01. The summed E-state index contributed by atoms with van der Waals surface area (Å²) in [6.45, 7) is 0.954. The van der Waals surface area contributed by atoms with Gasteiger partial charge in [-0.3, -0.25) is 9.59 Å². The summed E-state index contributed by atoms with van der Waals surface area (Å²) in [6, 6.07) is 0.510. The van der Waals surface area contributed by atoms with Crippen LogP contribution in [0.3, 0.4) is 0 Å². The Balaban J connectivity index is 1.36. The molecular formula is C23H39NO2. The SMILES string of the molecule is O=C(CCCC(=O)N1CCCC2CCCCC21)CC1CCCCCCC1. The molecule has 0 N–H and O–H groups in total. The Morgan fingerprint density at radius 2 is 1.38 bits per heavy atom. The van der Waals surface area contributed by atoms with Crippen LogP contribution in [0.1, 0.15) is 109 Å². The number of piperidine rings is 1. The zero-order chi connectivity index (χ0) is 18.2. The minimum Gasteiger partial charge on any atom is -0.339 e. The van der Waals surface area contributed by atoms with Gasteiger partial charge >= 0.3 is 0 Å². The van der Waals surface area contributed by atoms with Gasteiger partial charge in [0, 0.05) is 31.8 Å². The molecule has 2 unspecified atom stereocenters. The summed E-state index contributed by atoms with van der Waals surface area (Å²) < 4.78 is 0. The van der Waals surface area contributed by atoms with Crippen molar-refractivity contribution in [1.82, 2.24) is 4.90 Å². The van der Waals surface area contributed by atoms with Crippen molar-refractivity contribution in [3.05, 3.63) is 0 Å². The summed E-state index contributed by atoms with van der Waals surface area (Å²) >= 11 is 0. The van der Waals surface area contributed by atoms with E-state index in [0.717, 1.165) is 25.3 Å². The van der Waals surface area contributed by atoms with Gasteiger partial charge in [0.05, 0.1) is 0 Å². The molecule has 1 saturated heterocycles. The van der Waals surface area contributed by atoms with Crippen LogP contribution in [-0.2, 0) is 9.59 Å². The van der Waals surface area contributed by atoms with E-state index in [0.29, 0.717) is 36.5 Å². The minimum absolute atomic E-state index is 0.320. The lowest BCUT2D eigenvalue weighted by Crippen LogP contribution is -2.49. The fraction of sp³-hybridized carbons (Fsp3) is 0.913. The van der Waals surface area contributed by atoms with Gasteiger partial charge in [0.25, 0.3) is 0 Å². The molecule has 0 bridgehead atoms. The molecule has 2 aliphatic carbocycles. The summed E-state index contributed by atoms with van der Waals surface area (Å²) in [5.41, 5.74) is 0. The van der Waals surface area contributed by atoms with Crippen molar-refractivity contribution >= 4 is 11.7 Å². The van der Waals surface area contributed by atoms with E-state index in [1.54, 1.807) is 0 Å². The lowest BCUT2D eigenvalue weighted by molar-refractivity contribution is -0.137. The third-order valence-corrected chi connectivity index (χ3v) is 7.15. The number of likely N-dealkylation sites (tertiary alicyclic amines) is 1. The molecule has 1 amide bonds. The van der Waals surface area contributed by atoms with Gasteiger partial charge in [0.2, 0.25) is 5.91 Å². The van der Waals surface area contributed by atoms with Gasteiger partial charge in [-0.05, 0) is 43.9 Å². The van der Waals surface area contributed by atoms with Gasteiger partial charge in [0.1, 0.15) is 5.78 Å². The van der Waals surface area contributed by atoms with Crippen molar-refractivity contribution in [2.24, 2.45) is 11.8 Å². The highest BCUT2D eigenvalue weighted by Gasteiger charge is 2.35. The van der Waals surface area contributed by atoms with Gasteiger partial charge in [-0.25, -0.2) is 0 Å². The normalized spacial score (nSPS) is 28.1. The fourth-order valence-electron chi connectivity index (χ4n) is 5.68. The molecule has 2 atom stereocenters. The van der Waals surface area contributed by atoms with Gasteiger partial charge < -0.3 is 4.90 Å². The van der Waals surface area contributed by atoms with Crippen LogP contribution in [0.15, 0.2) is 0 Å². The molecule has 148 valence electrons. The summed E-state index contributed by atoms with van der Waals surface area (Å²) in [5.74, 6) is 2.09. The number of carbonyl (C=O) groups excluding carboxylic acids is 2. The average molecular weight is 362 g/mol. The molecule has 3 nitrogen and oxygen atoms in total. The summed E-state index contributed by atoms with van der Waals surface area (Å²) in [4.78, 5) is 27.3. The molecular weight excluding hydrogens is 322 g/mol. The number of hydrogen-bond acceptors (Lipinski definition) is 2. The molecule has 3 heteroatoms. The number of carbonyl (C=O) groups is 2. The van der Waals surface area contributed by atoms with Gasteiger partial charge in [0.15, 0.2) is 0 Å². The molecule has 0 aromatic carbocycles. The maximum absolute atomic E-state index is 12.7. The standard InChI is InChI=1S/C23H39NO2/c25-21(18-19-10-4-2-1-3-5-11-19)14-8-16-23(26)24-17-9-13-20-12-6-7-15-22(20)24/h19-20,22H,1-18H2. The molecule has 1 aliphatic heterocycles. The number of nitrogens with zero attached hydrogens (tertiary/aromatic N) is 1. The third kappa shape index (κ3) is 5.82. The minimum atomic E-state index is 0.320. The Morgan fingerprint density at radius 1 is 0.731 bits per heavy atom. The number of fused-ring (bicyclic) bond motifs is 1. The number of rotatable bonds is 6. The van der Waals surface area contributed by atoms with Gasteiger partial charge in [-0.1, -0.05) is 57.8 Å². The Morgan fingerprint density at radius 3 is 2.19 bits per heavy atom. The van der Waals surface area contributed by atoms with Crippen molar-refractivity contribution < 1.29 is 9.59 Å². The number of Topliss-reactive ketones (excluding diaryl/α,β-unsaturated/α-hetero) is 1. The summed E-state index contributed by atoms with van der Waals surface area (Å²) in [6.07, 6.45) is 19.5. The second kappa shape index (κ2) is 10.5. The van der Waals surface area contributed by atoms with E-state index in [1.807, 2.05) is 0 Å². The van der Waals surface area contributed by atoms with Crippen LogP contribution in [-0.4, -0.2) is 29.2 Å². The van der Waals surface area contributed by atoms with Crippen molar-refractivity contribution in [2.75, 3.05) is 6.54 Å². The predicted molar refractivity (Wildman–Crippen MR) is 106 cm³/mol. The Hall–Kier alpha value is -0.860. The molecule has 3 rings (SSSR count). The maximum atomic E-state index is 12.7. The molecule has 3 fully saturated rings. The van der Waals surface area contributed by atoms with Crippen LogP contribution in [0.4, 0.5) is 0 Å². The fourth-order valence-corrected chi connectivity index (χ4v) is 5.68. The van der Waals surface area contributed by atoms with E-state index in [4.69, 9.17) is 0 Å². The van der Waals surface area contributed by atoms with Gasteiger partial charge in [-0.15, -0.1) is 0 Å². The van der Waals surface area contributed by atoms with Crippen LogP contribution in [0.25, 0.3) is 0 Å². The van der Waals surface area contributed by atoms with E-state index in [1.165, 1.54) is 83.5 Å². The highest BCUT2D eigenvalue weighted by molar-refractivity contribution is 5.80.